The molecule has 0 saturated heterocycles. The van der Waals surface area contributed by atoms with Crippen molar-refractivity contribution in [1.82, 2.24) is 5.32 Å². The van der Waals surface area contributed by atoms with Gasteiger partial charge in [-0.25, -0.2) is 0 Å². The van der Waals surface area contributed by atoms with E-state index in [9.17, 15) is 4.79 Å². The topological polar surface area (TPSA) is 56.8 Å². The summed E-state index contributed by atoms with van der Waals surface area (Å²) in [6.07, 6.45) is 1.14. The highest BCUT2D eigenvalue weighted by Crippen LogP contribution is 2.27. The molecule has 24 heavy (non-hydrogen) atoms. The summed E-state index contributed by atoms with van der Waals surface area (Å²) in [4.78, 5) is 12.0. The Morgan fingerprint density at radius 2 is 1.54 bits per heavy atom. The molecular formula is C19H23NO4. The van der Waals surface area contributed by atoms with E-state index >= 15 is 0 Å². The van der Waals surface area contributed by atoms with Crippen molar-refractivity contribution in [3.8, 4) is 17.2 Å². The zero-order chi connectivity index (χ0) is 17.4. The van der Waals surface area contributed by atoms with Crippen molar-refractivity contribution in [2.24, 2.45) is 0 Å². The standard InChI is InChI=1S/C19H23NO4/c1-22-16-8-4-14(5-9-16)7-11-19(21)20-13-15-6-10-17(23-2)18(12-15)24-3/h4-6,8-10,12H,7,11,13H2,1-3H3,(H,20,21). The molecule has 5 heteroatoms. The summed E-state index contributed by atoms with van der Waals surface area (Å²) in [6.45, 7) is 0.460. The van der Waals surface area contributed by atoms with Crippen molar-refractivity contribution in [1.29, 1.82) is 0 Å². The maximum atomic E-state index is 12.0. The van der Waals surface area contributed by atoms with Crippen LogP contribution in [0.1, 0.15) is 17.5 Å². The van der Waals surface area contributed by atoms with Crippen LogP contribution >= 0.6 is 0 Å². The van der Waals surface area contributed by atoms with Crippen molar-refractivity contribution in [2.45, 2.75) is 19.4 Å². The average Bonchev–Trinajstić information content (AvgIpc) is 2.64. The minimum absolute atomic E-state index is 0.0144. The highest BCUT2D eigenvalue weighted by atomic mass is 16.5. The van der Waals surface area contributed by atoms with E-state index in [-0.39, 0.29) is 5.91 Å². The van der Waals surface area contributed by atoms with Crippen LogP contribution in [-0.2, 0) is 17.8 Å². The summed E-state index contributed by atoms with van der Waals surface area (Å²) in [6, 6.07) is 13.3. The number of carbonyl (C=O) groups excluding carboxylic acids is 1. The second-order valence-electron chi connectivity index (χ2n) is 5.31. The lowest BCUT2D eigenvalue weighted by Crippen LogP contribution is -2.23. The molecular weight excluding hydrogens is 306 g/mol. The van der Waals surface area contributed by atoms with Gasteiger partial charge in [0.2, 0.25) is 5.91 Å². The second-order valence-corrected chi connectivity index (χ2v) is 5.31. The van der Waals surface area contributed by atoms with E-state index in [0.29, 0.717) is 30.9 Å². The summed E-state index contributed by atoms with van der Waals surface area (Å²) in [7, 11) is 4.82. The molecule has 0 atom stereocenters. The fraction of sp³-hybridized carbons (Fsp3) is 0.316. The van der Waals surface area contributed by atoms with E-state index in [4.69, 9.17) is 14.2 Å². The lowest BCUT2D eigenvalue weighted by molar-refractivity contribution is -0.121. The normalized spacial score (nSPS) is 10.1. The van der Waals surface area contributed by atoms with Gasteiger partial charge in [0, 0.05) is 13.0 Å². The van der Waals surface area contributed by atoms with Crippen molar-refractivity contribution >= 4 is 5.91 Å². The average molecular weight is 329 g/mol. The molecule has 1 amide bonds. The molecule has 1 N–H and O–H groups in total. The third kappa shape index (κ3) is 4.91. The largest absolute Gasteiger partial charge is 0.497 e. The lowest BCUT2D eigenvalue weighted by atomic mass is 10.1. The summed E-state index contributed by atoms with van der Waals surface area (Å²) >= 11 is 0. The van der Waals surface area contributed by atoms with Gasteiger partial charge < -0.3 is 19.5 Å². The van der Waals surface area contributed by atoms with Crippen LogP contribution in [0.5, 0.6) is 17.2 Å². The smallest absolute Gasteiger partial charge is 0.220 e. The zero-order valence-corrected chi connectivity index (χ0v) is 14.3. The molecule has 0 unspecified atom stereocenters. The molecule has 0 heterocycles. The third-order valence-corrected chi connectivity index (χ3v) is 3.74. The first-order valence-electron chi connectivity index (χ1n) is 7.76. The van der Waals surface area contributed by atoms with Crippen LogP contribution in [0.25, 0.3) is 0 Å². The van der Waals surface area contributed by atoms with Crippen LogP contribution in [0.15, 0.2) is 42.5 Å². The quantitative estimate of drug-likeness (QED) is 0.809. The van der Waals surface area contributed by atoms with Crippen LogP contribution in [0.2, 0.25) is 0 Å². The number of methoxy groups -OCH3 is 3. The van der Waals surface area contributed by atoms with Gasteiger partial charge in [-0.05, 0) is 41.8 Å². The number of benzene rings is 2. The molecule has 0 radical (unpaired) electrons. The van der Waals surface area contributed by atoms with E-state index in [1.54, 1.807) is 21.3 Å². The first kappa shape index (κ1) is 17.7. The predicted molar refractivity (Wildman–Crippen MR) is 92.7 cm³/mol. The van der Waals surface area contributed by atoms with E-state index in [0.717, 1.165) is 16.9 Å². The molecule has 0 aliphatic carbocycles. The molecule has 0 aliphatic heterocycles. The van der Waals surface area contributed by atoms with Gasteiger partial charge in [0.25, 0.3) is 0 Å². The molecule has 128 valence electrons. The Labute approximate surface area is 142 Å². The third-order valence-electron chi connectivity index (χ3n) is 3.74. The summed E-state index contributed by atoms with van der Waals surface area (Å²) in [5.74, 6) is 2.16. The van der Waals surface area contributed by atoms with Crippen LogP contribution in [-0.4, -0.2) is 27.2 Å². The Balaban J connectivity index is 1.82. The van der Waals surface area contributed by atoms with E-state index in [1.165, 1.54) is 0 Å². The SMILES string of the molecule is COc1ccc(CCC(=O)NCc2ccc(OC)c(OC)c2)cc1. The first-order valence-corrected chi connectivity index (χ1v) is 7.76. The molecule has 0 spiro atoms. The lowest BCUT2D eigenvalue weighted by Gasteiger charge is -2.10. The Bertz CT molecular complexity index is 668. The number of aryl methyl sites for hydroxylation is 1. The number of amides is 1. The van der Waals surface area contributed by atoms with Crippen molar-refractivity contribution in [3.63, 3.8) is 0 Å². The Morgan fingerprint density at radius 1 is 0.875 bits per heavy atom. The number of nitrogens with one attached hydrogen (secondary N) is 1. The molecule has 5 nitrogen and oxygen atoms in total. The number of hydrogen-bond donors (Lipinski definition) is 1. The molecule has 0 bridgehead atoms. The zero-order valence-electron chi connectivity index (χ0n) is 14.3. The summed E-state index contributed by atoms with van der Waals surface area (Å²) < 4.78 is 15.6. The van der Waals surface area contributed by atoms with Crippen molar-refractivity contribution < 1.29 is 19.0 Å². The minimum Gasteiger partial charge on any atom is -0.497 e. The Morgan fingerprint density at radius 3 is 2.17 bits per heavy atom. The number of rotatable bonds is 8. The highest BCUT2D eigenvalue weighted by Gasteiger charge is 2.06. The molecule has 0 aliphatic rings. The first-order chi connectivity index (χ1) is 11.7. The van der Waals surface area contributed by atoms with E-state index in [2.05, 4.69) is 5.32 Å². The number of ether oxygens (including phenoxy) is 3. The fourth-order valence-corrected chi connectivity index (χ4v) is 2.33. The molecule has 2 aromatic rings. The minimum atomic E-state index is 0.0144. The van der Waals surface area contributed by atoms with E-state index in [1.807, 2.05) is 42.5 Å². The maximum absolute atomic E-state index is 12.0. The highest BCUT2D eigenvalue weighted by molar-refractivity contribution is 5.76. The molecule has 2 rings (SSSR count). The van der Waals surface area contributed by atoms with Gasteiger partial charge in [-0.1, -0.05) is 18.2 Å². The molecule has 0 fully saturated rings. The van der Waals surface area contributed by atoms with Gasteiger partial charge in [-0.3, -0.25) is 4.79 Å². The number of hydrogen-bond acceptors (Lipinski definition) is 4. The van der Waals surface area contributed by atoms with Gasteiger partial charge in [-0.15, -0.1) is 0 Å². The Hall–Kier alpha value is -2.69. The van der Waals surface area contributed by atoms with Gasteiger partial charge in [0.15, 0.2) is 11.5 Å². The van der Waals surface area contributed by atoms with Crippen molar-refractivity contribution in [3.05, 3.63) is 53.6 Å². The van der Waals surface area contributed by atoms with Gasteiger partial charge in [0.05, 0.1) is 21.3 Å². The maximum Gasteiger partial charge on any atom is 0.220 e. The Kier molecular flexibility index (Phi) is 6.49. The van der Waals surface area contributed by atoms with Gasteiger partial charge in [-0.2, -0.15) is 0 Å². The van der Waals surface area contributed by atoms with Crippen molar-refractivity contribution in [2.75, 3.05) is 21.3 Å². The van der Waals surface area contributed by atoms with Crippen LogP contribution in [0, 0.1) is 0 Å². The van der Waals surface area contributed by atoms with Gasteiger partial charge >= 0.3 is 0 Å². The fourth-order valence-electron chi connectivity index (χ4n) is 2.33. The van der Waals surface area contributed by atoms with Crippen LogP contribution in [0.4, 0.5) is 0 Å². The van der Waals surface area contributed by atoms with Gasteiger partial charge in [0.1, 0.15) is 5.75 Å². The van der Waals surface area contributed by atoms with Crippen LogP contribution in [0.3, 0.4) is 0 Å². The monoisotopic (exact) mass is 329 g/mol. The van der Waals surface area contributed by atoms with E-state index < -0.39 is 0 Å². The molecule has 0 aromatic heterocycles. The van der Waals surface area contributed by atoms with Crippen LogP contribution < -0.4 is 19.5 Å². The number of carbonyl (C=O) groups is 1. The summed E-state index contributed by atoms with van der Waals surface area (Å²) in [5.41, 5.74) is 2.07. The summed E-state index contributed by atoms with van der Waals surface area (Å²) in [5, 5.41) is 2.92. The molecule has 2 aromatic carbocycles. The predicted octanol–water partition coefficient (Wildman–Crippen LogP) is 2.96. The molecule has 0 saturated carbocycles. The second kappa shape index (κ2) is 8.82.